The van der Waals surface area contributed by atoms with Gasteiger partial charge in [0, 0.05) is 11.3 Å². The van der Waals surface area contributed by atoms with Crippen molar-refractivity contribution in [3.05, 3.63) is 71.3 Å². The first-order valence-electron chi connectivity index (χ1n) is 8.61. The Hall–Kier alpha value is -3.28. The van der Waals surface area contributed by atoms with Gasteiger partial charge in [0.15, 0.2) is 0 Å². The zero-order chi connectivity index (χ0) is 18.1. The van der Waals surface area contributed by atoms with Crippen molar-refractivity contribution in [2.24, 2.45) is 26.4 Å². The maximum Gasteiger partial charge on any atom is 0.253 e. The van der Waals surface area contributed by atoms with E-state index in [1.165, 1.54) is 5.56 Å². The Bertz CT molecular complexity index is 957. The third kappa shape index (κ3) is 2.60. The standard InChI is InChI=1S/C20H20N6/c21-18(22)20(17(24-19(23)26-20)14-8-2-1-3-9-14)25-16-12-6-10-13-7-4-5-11-15(13)16/h1-5,7-9,11H,6,10,12H2,(H3,21,22)(H2,23,26). The van der Waals surface area contributed by atoms with Gasteiger partial charge in [-0.2, -0.15) is 0 Å². The number of benzene rings is 2. The van der Waals surface area contributed by atoms with E-state index in [-0.39, 0.29) is 11.8 Å². The fourth-order valence-electron chi connectivity index (χ4n) is 3.54. The smallest absolute Gasteiger partial charge is 0.253 e. The molecule has 130 valence electrons. The quantitative estimate of drug-likeness (QED) is 0.586. The van der Waals surface area contributed by atoms with Crippen molar-refractivity contribution in [3.8, 4) is 0 Å². The topological polar surface area (TPSA) is 113 Å². The van der Waals surface area contributed by atoms with Gasteiger partial charge in [0.1, 0.15) is 11.5 Å². The van der Waals surface area contributed by atoms with Gasteiger partial charge in [-0.1, -0.05) is 54.6 Å². The van der Waals surface area contributed by atoms with Crippen LogP contribution in [0.1, 0.15) is 29.5 Å². The second-order valence-corrected chi connectivity index (χ2v) is 6.45. The van der Waals surface area contributed by atoms with Crippen LogP contribution >= 0.6 is 0 Å². The van der Waals surface area contributed by atoms with Crippen LogP contribution in [0.4, 0.5) is 0 Å². The van der Waals surface area contributed by atoms with E-state index in [1.807, 2.05) is 42.5 Å². The molecule has 2 aromatic carbocycles. The van der Waals surface area contributed by atoms with E-state index in [4.69, 9.17) is 21.9 Å². The summed E-state index contributed by atoms with van der Waals surface area (Å²) in [5.41, 5.74) is 15.1. The van der Waals surface area contributed by atoms with Crippen molar-refractivity contribution in [3.63, 3.8) is 0 Å². The predicted octanol–water partition coefficient (Wildman–Crippen LogP) is 2.26. The van der Waals surface area contributed by atoms with Crippen molar-refractivity contribution in [2.45, 2.75) is 24.9 Å². The van der Waals surface area contributed by atoms with Gasteiger partial charge in [-0.05, 0) is 30.4 Å². The van der Waals surface area contributed by atoms with Crippen LogP contribution in [0, 0.1) is 5.41 Å². The Morgan fingerprint density at radius 1 is 1.04 bits per heavy atom. The molecule has 1 atom stereocenters. The fraction of sp³-hybridized carbons (Fsp3) is 0.200. The summed E-state index contributed by atoms with van der Waals surface area (Å²) in [6.45, 7) is 0. The maximum absolute atomic E-state index is 8.24. The minimum absolute atomic E-state index is 0.0903. The number of hydrogen-bond donors (Lipinski definition) is 3. The molecule has 1 unspecified atom stereocenters. The van der Waals surface area contributed by atoms with Gasteiger partial charge in [-0.3, -0.25) is 5.41 Å². The number of fused-ring (bicyclic) bond motifs is 1. The van der Waals surface area contributed by atoms with Gasteiger partial charge in [0.25, 0.3) is 5.66 Å². The summed E-state index contributed by atoms with van der Waals surface area (Å²) < 4.78 is 0. The van der Waals surface area contributed by atoms with Crippen molar-refractivity contribution in [1.29, 1.82) is 5.41 Å². The lowest BCUT2D eigenvalue weighted by Gasteiger charge is -2.26. The van der Waals surface area contributed by atoms with Crippen molar-refractivity contribution in [1.82, 2.24) is 0 Å². The van der Waals surface area contributed by atoms with E-state index in [0.717, 1.165) is 36.1 Å². The number of rotatable bonds is 3. The van der Waals surface area contributed by atoms with Crippen LogP contribution in [0.2, 0.25) is 0 Å². The zero-order valence-corrected chi connectivity index (χ0v) is 14.3. The van der Waals surface area contributed by atoms with E-state index in [0.29, 0.717) is 5.71 Å². The van der Waals surface area contributed by atoms with E-state index in [2.05, 4.69) is 22.1 Å². The number of aliphatic imine (C=N–C) groups is 3. The van der Waals surface area contributed by atoms with E-state index in [9.17, 15) is 0 Å². The maximum atomic E-state index is 8.24. The molecule has 2 aliphatic rings. The van der Waals surface area contributed by atoms with Gasteiger partial charge in [0.2, 0.25) is 5.96 Å². The van der Waals surface area contributed by atoms with Gasteiger partial charge < -0.3 is 11.5 Å². The molecule has 0 aromatic heterocycles. The minimum Gasteiger partial charge on any atom is -0.384 e. The number of nitrogens with zero attached hydrogens (tertiary/aromatic N) is 3. The first-order chi connectivity index (χ1) is 12.6. The third-order valence-corrected chi connectivity index (χ3v) is 4.74. The molecule has 0 amide bonds. The van der Waals surface area contributed by atoms with E-state index >= 15 is 0 Å². The highest BCUT2D eigenvalue weighted by Gasteiger charge is 2.44. The summed E-state index contributed by atoms with van der Waals surface area (Å²) in [7, 11) is 0. The van der Waals surface area contributed by atoms with E-state index in [1.54, 1.807) is 0 Å². The minimum atomic E-state index is -1.40. The molecule has 0 radical (unpaired) electrons. The number of aryl methyl sites for hydroxylation is 1. The summed E-state index contributed by atoms with van der Waals surface area (Å²) in [5.74, 6) is -0.0939. The first-order valence-corrected chi connectivity index (χ1v) is 8.61. The number of nitrogens with two attached hydrogens (primary N) is 2. The van der Waals surface area contributed by atoms with Gasteiger partial charge in [-0.15, -0.1) is 0 Å². The largest absolute Gasteiger partial charge is 0.384 e. The lowest BCUT2D eigenvalue weighted by molar-refractivity contribution is 0.766. The molecule has 0 fully saturated rings. The Morgan fingerprint density at radius 2 is 1.77 bits per heavy atom. The van der Waals surface area contributed by atoms with Gasteiger partial charge >= 0.3 is 0 Å². The van der Waals surface area contributed by atoms with Crippen LogP contribution in [0.15, 0.2) is 69.6 Å². The fourth-order valence-corrected chi connectivity index (χ4v) is 3.54. The van der Waals surface area contributed by atoms with Crippen molar-refractivity contribution < 1.29 is 0 Å². The first kappa shape index (κ1) is 16.2. The summed E-state index contributed by atoms with van der Waals surface area (Å²) in [6, 6.07) is 17.7. The second kappa shape index (κ2) is 6.22. The molecular weight excluding hydrogens is 324 g/mol. The van der Waals surface area contributed by atoms with Gasteiger partial charge in [0.05, 0.1) is 0 Å². The second-order valence-electron chi connectivity index (χ2n) is 6.45. The molecule has 0 bridgehead atoms. The Kier molecular flexibility index (Phi) is 3.88. The Labute approximate surface area is 151 Å². The summed E-state index contributed by atoms with van der Waals surface area (Å²) >= 11 is 0. The summed E-state index contributed by atoms with van der Waals surface area (Å²) in [5, 5.41) is 8.24. The number of amidine groups is 1. The molecule has 4 rings (SSSR count). The number of guanidine groups is 1. The van der Waals surface area contributed by atoms with Crippen molar-refractivity contribution in [2.75, 3.05) is 0 Å². The van der Waals surface area contributed by atoms with Crippen LogP contribution in [-0.2, 0) is 6.42 Å². The number of nitrogens with one attached hydrogen (secondary N) is 1. The highest BCUT2D eigenvalue weighted by molar-refractivity contribution is 6.28. The molecule has 1 aliphatic carbocycles. The van der Waals surface area contributed by atoms with Crippen LogP contribution in [0.25, 0.3) is 0 Å². The SMILES string of the molecule is N=C(N)C1(N=C2CCCc3ccccc32)N=C(N)N=C1c1ccccc1. The molecule has 1 heterocycles. The van der Waals surface area contributed by atoms with Crippen LogP contribution in [0.3, 0.4) is 0 Å². The average Bonchev–Trinajstić information content (AvgIpc) is 3.00. The molecule has 5 N–H and O–H groups in total. The lowest BCUT2D eigenvalue weighted by atomic mass is 9.89. The van der Waals surface area contributed by atoms with Crippen LogP contribution < -0.4 is 11.5 Å². The Morgan fingerprint density at radius 3 is 2.54 bits per heavy atom. The highest BCUT2D eigenvalue weighted by atomic mass is 15.3. The molecule has 0 saturated heterocycles. The molecule has 1 aliphatic heterocycles. The predicted molar refractivity (Wildman–Crippen MR) is 105 cm³/mol. The molecular formula is C20H20N6. The Balaban J connectivity index is 1.89. The number of hydrogen-bond acceptors (Lipinski definition) is 5. The normalized spacial score (nSPS) is 23.3. The molecule has 6 heteroatoms. The average molecular weight is 344 g/mol. The molecule has 0 spiro atoms. The molecule has 26 heavy (non-hydrogen) atoms. The monoisotopic (exact) mass is 344 g/mol. The van der Waals surface area contributed by atoms with Crippen LogP contribution in [0.5, 0.6) is 0 Å². The molecule has 0 saturated carbocycles. The molecule has 6 nitrogen and oxygen atoms in total. The van der Waals surface area contributed by atoms with Gasteiger partial charge in [-0.25, -0.2) is 15.0 Å². The van der Waals surface area contributed by atoms with Crippen molar-refractivity contribution >= 4 is 23.2 Å². The summed E-state index contributed by atoms with van der Waals surface area (Å²) in [6.07, 6.45) is 2.83. The van der Waals surface area contributed by atoms with E-state index < -0.39 is 5.66 Å². The zero-order valence-electron chi connectivity index (χ0n) is 14.3. The lowest BCUT2D eigenvalue weighted by Crippen LogP contribution is -2.47. The van der Waals surface area contributed by atoms with Crippen LogP contribution in [-0.4, -0.2) is 28.9 Å². The molecule has 2 aromatic rings. The highest BCUT2D eigenvalue weighted by Crippen LogP contribution is 2.30. The third-order valence-electron chi connectivity index (χ3n) is 4.74. The summed E-state index contributed by atoms with van der Waals surface area (Å²) in [4.78, 5) is 13.7.